The van der Waals surface area contributed by atoms with Gasteiger partial charge >= 0.3 is 0 Å². The molecule has 0 atom stereocenters. The van der Waals surface area contributed by atoms with E-state index in [9.17, 15) is 4.79 Å². The van der Waals surface area contributed by atoms with Crippen molar-refractivity contribution in [3.63, 3.8) is 0 Å². The van der Waals surface area contributed by atoms with Gasteiger partial charge in [-0.1, -0.05) is 36.4 Å². The van der Waals surface area contributed by atoms with Crippen molar-refractivity contribution in [1.29, 1.82) is 0 Å². The Kier molecular flexibility index (Phi) is 1.99. The molecule has 2 aromatic carbocycles. The first-order valence-corrected chi connectivity index (χ1v) is 6.58. The van der Waals surface area contributed by atoms with Crippen molar-refractivity contribution in [2.24, 2.45) is 5.92 Å². The van der Waals surface area contributed by atoms with Crippen molar-refractivity contribution in [2.45, 2.75) is 19.3 Å². The maximum atomic E-state index is 12.1. The van der Waals surface area contributed by atoms with Gasteiger partial charge in [0.1, 0.15) is 0 Å². The van der Waals surface area contributed by atoms with Gasteiger partial charge in [-0.05, 0) is 47.6 Å². The van der Waals surface area contributed by atoms with E-state index in [4.69, 9.17) is 0 Å². The molecule has 0 aromatic heterocycles. The largest absolute Gasteiger partial charge is 0.294 e. The highest BCUT2D eigenvalue weighted by Gasteiger charge is 2.31. The fraction of sp³-hybridized carbons (Fsp3) is 0.235. The quantitative estimate of drug-likeness (QED) is 0.615. The smallest absolute Gasteiger partial charge is 0.165 e. The standard InChI is InChI=1S/C17H14O/c18-17(11-5-6-11)14-8-7-13-9-12-3-1-2-4-15(12)16(13)10-14/h1-4,7-8,10-11H,5-6,9H2. The molecule has 2 aromatic rings. The summed E-state index contributed by atoms with van der Waals surface area (Å²) in [5, 5.41) is 0. The van der Waals surface area contributed by atoms with Crippen molar-refractivity contribution in [3.05, 3.63) is 59.2 Å². The van der Waals surface area contributed by atoms with Crippen LogP contribution in [0.3, 0.4) is 0 Å². The molecule has 0 heterocycles. The molecule has 0 N–H and O–H groups in total. The molecule has 0 spiro atoms. The van der Waals surface area contributed by atoms with E-state index in [-0.39, 0.29) is 0 Å². The van der Waals surface area contributed by atoms with Crippen LogP contribution in [0.2, 0.25) is 0 Å². The summed E-state index contributed by atoms with van der Waals surface area (Å²) in [6, 6.07) is 14.7. The van der Waals surface area contributed by atoms with Gasteiger partial charge in [-0.2, -0.15) is 0 Å². The Balaban J connectivity index is 1.83. The number of rotatable bonds is 2. The van der Waals surface area contributed by atoms with Gasteiger partial charge in [0.25, 0.3) is 0 Å². The van der Waals surface area contributed by atoms with Gasteiger partial charge in [0, 0.05) is 11.5 Å². The first kappa shape index (κ1) is 10.1. The summed E-state index contributed by atoms with van der Waals surface area (Å²) in [6.45, 7) is 0. The Labute approximate surface area is 106 Å². The third-order valence-electron chi connectivity index (χ3n) is 4.03. The Morgan fingerprint density at radius 3 is 2.56 bits per heavy atom. The van der Waals surface area contributed by atoms with Crippen LogP contribution in [0.4, 0.5) is 0 Å². The topological polar surface area (TPSA) is 17.1 Å². The summed E-state index contributed by atoms with van der Waals surface area (Å²) in [5.74, 6) is 0.641. The zero-order chi connectivity index (χ0) is 12.1. The lowest BCUT2D eigenvalue weighted by atomic mass is 9.99. The number of Topliss-reactive ketones (excluding diaryl/α,β-unsaturated/α-hetero) is 1. The number of ketones is 1. The Hall–Kier alpha value is -1.89. The first-order chi connectivity index (χ1) is 8.83. The lowest BCUT2D eigenvalue weighted by molar-refractivity contribution is 0.0967. The second-order valence-electron chi connectivity index (χ2n) is 5.34. The molecule has 4 rings (SSSR count). The second-order valence-corrected chi connectivity index (χ2v) is 5.34. The van der Waals surface area contributed by atoms with Crippen LogP contribution in [0.5, 0.6) is 0 Å². The second kappa shape index (κ2) is 3.55. The number of fused-ring (bicyclic) bond motifs is 3. The number of hydrogen-bond acceptors (Lipinski definition) is 1. The van der Waals surface area contributed by atoms with Crippen LogP contribution in [0, 0.1) is 5.92 Å². The predicted molar refractivity (Wildman–Crippen MR) is 71.7 cm³/mol. The Morgan fingerprint density at radius 1 is 0.944 bits per heavy atom. The van der Waals surface area contributed by atoms with E-state index in [1.54, 1.807) is 0 Å². The van der Waals surface area contributed by atoms with Gasteiger partial charge in [0.2, 0.25) is 0 Å². The third kappa shape index (κ3) is 1.43. The number of carbonyl (C=O) groups excluding carboxylic acids is 1. The molecule has 0 aliphatic heterocycles. The first-order valence-electron chi connectivity index (χ1n) is 6.58. The molecule has 1 fully saturated rings. The van der Waals surface area contributed by atoms with Crippen molar-refractivity contribution in [1.82, 2.24) is 0 Å². The molecule has 0 radical (unpaired) electrons. The van der Waals surface area contributed by atoms with E-state index in [0.717, 1.165) is 24.8 Å². The van der Waals surface area contributed by atoms with Gasteiger partial charge in [-0.3, -0.25) is 4.79 Å². The van der Waals surface area contributed by atoms with E-state index in [2.05, 4.69) is 36.4 Å². The summed E-state index contributed by atoms with van der Waals surface area (Å²) in [7, 11) is 0. The molecule has 88 valence electrons. The Morgan fingerprint density at radius 2 is 1.72 bits per heavy atom. The fourth-order valence-corrected chi connectivity index (χ4v) is 2.86. The Bertz CT molecular complexity index is 650. The van der Waals surface area contributed by atoms with Crippen LogP contribution in [-0.2, 0) is 6.42 Å². The summed E-state index contributed by atoms with van der Waals surface area (Å²) in [4.78, 5) is 12.1. The van der Waals surface area contributed by atoms with Gasteiger partial charge in [0.15, 0.2) is 5.78 Å². The molecular weight excluding hydrogens is 220 g/mol. The van der Waals surface area contributed by atoms with Crippen LogP contribution in [0.15, 0.2) is 42.5 Å². The normalized spacial score (nSPS) is 16.2. The maximum Gasteiger partial charge on any atom is 0.165 e. The minimum absolute atomic E-state index is 0.305. The predicted octanol–water partition coefficient (Wildman–Crippen LogP) is 3.85. The van der Waals surface area contributed by atoms with Crippen LogP contribution >= 0.6 is 0 Å². The maximum absolute atomic E-state index is 12.1. The molecule has 2 aliphatic rings. The minimum atomic E-state index is 0.305. The van der Waals surface area contributed by atoms with Gasteiger partial charge in [0.05, 0.1) is 0 Å². The summed E-state index contributed by atoms with van der Waals surface area (Å²) >= 11 is 0. The fourth-order valence-electron chi connectivity index (χ4n) is 2.86. The average Bonchev–Trinajstić information content (AvgIpc) is 3.18. The van der Waals surface area contributed by atoms with E-state index >= 15 is 0 Å². The summed E-state index contributed by atoms with van der Waals surface area (Å²) < 4.78 is 0. The molecule has 1 saturated carbocycles. The highest BCUT2D eigenvalue weighted by atomic mass is 16.1. The van der Waals surface area contributed by atoms with Gasteiger partial charge < -0.3 is 0 Å². The van der Waals surface area contributed by atoms with Crippen LogP contribution in [-0.4, -0.2) is 5.78 Å². The van der Waals surface area contributed by atoms with Crippen molar-refractivity contribution in [3.8, 4) is 11.1 Å². The highest BCUT2D eigenvalue weighted by Crippen LogP contribution is 2.39. The van der Waals surface area contributed by atoms with Crippen molar-refractivity contribution in [2.75, 3.05) is 0 Å². The molecule has 2 aliphatic carbocycles. The van der Waals surface area contributed by atoms with Crippen molar-refractivity contribution >= 4 is 5.78 Å². The lowest BCUT2D eigenvalue weighted by Gasteiger charge is -2.04. The average molecular weight is 234 g/mol. The van der Waals surface area contributed by atoms with Crippen LogP contribution in [0.1, 0.15) is 34.3 Å². The number of carbonyl (C=O) groups is 1. The van der Waals surface area contributed by atoms with E-state index in [1.807, 2.05) is 6.07 Å². The molecule has 0 bridgehead atoms. The zero-order valence-corrected chi connectivity index (χ0v) is 10.1. The van der Waals surface area contributed by atoms with Crippen LogP contribution < -0.4 is 0 Å². The molecule has 18 heavy (non-hydrogen) atoms. The SMILES string of the molecule is O=C(c1ccc2c(c1)-c1ccccc1C2)C1CC1. The minimum Gasteiger partial charge on any atom is -0.294 e. The lowest BCUT2D eigenvalue weighted by Crippen LogP contribution is -2.01. The third-order valence-corrected chi connectivity index (χ3v) is 4.03. The molecule has 1 nitrogen and oxygen atoms in total. The molecule has 0 amide bonds. The van der Waals surface area contributed by atoms with Gasteiger partial charge in [-0.25, -0.2) is 0 Å². The molecule has 1 heteroatoms. The monoisotopic (exact) mass is 234 g/mol. The van der Waals surface area contributed by atoms with E-state index in [1.165, 1.54) is 22.3 Å². The van der Waals surface area contributed by atoms with E-state index < -0.39 is 0 Å². The molecule has 0 saturated heterocycles. The van der Waals surface area contributed by atoms with Crippen LogP contribution in [0.25, 0.3) is 11.1 Å². The number of benzene rings is 2. The highest BCUT2D eigenvalue weighted by molar-refractivity contribution is 6.00. The summed E-state index contributed by atoms with van der Waals surface area (Å²) in [6.07, 6.45) is 3.16. The van der Waals surface area contributed by atoms with E-state index in [0.29, 0.717) is 11.7 Å². The molecular formula is C17H14O. The zero-order valence-electron chi connectivity index (χ0n) is 10.1. The summed E-state index contributed by atoms with van der Waals surface area (Å²) in [5.41, 5.74) is 6.19. The number of hydrogen-bond donors (Lipinski definition) is 0. The van der Waals surface area contributed by atoms with Gasteiger partial charge in [-0.15, -0.1) is 0 Å². The molecule has 0 unspecified atom stereocenters. The van der Waals surface area contributed by atoms with Crippen molar-refractivity contribution < 1.29 is 4.79 Å².